The first-order valence-electron chi connectivity index (χ1n) is 4.88. The Labute approximate surface area is 79.0 Å². The highest BCUT2D eigenvalue weighted by molar-refractivity contribution is 5.80. The van der Waals surface area contributed by atoms with E-state index in [1.807, 2.05) is 0 Å². The molecule has 0 saturated carbocycles. The molecule has 1 heterocycles. The zero-order chi connectivity index (χ0) is 9.26. The molecule has 0 amide bonds. The Hall–Kier alpha value is -1.24. The van der Waals surface area contributed by atoms with Crippen LogP contribution in [0.4, 0.5) is 0 Å². The summed E-state index contributed by atoms with van der Waals surface area (Å²) in [5, 5.41) is 1.34. The quantitative estimate of drug-likeness (QED) is 0.653. The number of hydrogen-bond donors (Lipinski definition) is 0. The molecule has 68 valence electrons. The van der Waals surface area contributed by atoms with Crippen molar-refractivity contribution in [2.45, 2.75) is 26.3 Å². The zero-order valence-corrected chi connectivity index (χ0v) is 8.20. The van der Waals surface area contributed by atoms with Gasteiger partial charge in [0.05, 0.1) is 0 Å². The van der Waals surface area contributed by atoms with Crippen LogP contribution in [0.15, 0.2) is 36.5 Å². The summed E-state index contributed by atoms with van der Waals surface area (Å²) in [6.45, 7) is 4.48. The van der Waals surface area contributed by atoms with Crippen LogP contribution in [-0.4, -0.2) is 4.57 Å². The van der Waals surface area contributed by atoms with Gasteiger partial charge in [-0.05, 0) is 30.9 Å². The van der Waals surface area contributed by atoms with E-state index in [9.17, 15) is 0 Å². The van der Waals surface area contributed by atoms with Gasteiger partial charge in [0.2, 0.25) is 0 Å². The van der Waals surface area contributed by atoms with Crippen molar-refractivity contribution < 1.29 is 0 Å². The van der Waals surface area contributed by atoms with Gasteiger partial charge in [-0.15, -0.1) is 0 Å². The summed E-state index contributed by atoms with van der Waals surface area (Å²) >= 11 is 0. The number of fused-ring (bicyclic) bond motifs is 1. The normalized spacial score (nSPS) is 13.4. The van der Waals surface area contributed by atoms with Crippen LogP contribution in [-0.2, 0) is 0 Å². The number of aromatic nitrogens is 1. The van der Waals surface area contributed by atoms with Gasteiger partial charge in [0, 0.05) is 17.8 Å². The highest BCUT2D eigenvalue weighted by Crippen LogP contribution is 2.20. The maximum Gasteiger partial charge on any atom is 0.0482 e. The molecule has 1 atom stereocenters. The number of nitrogens with zero attached hydrogens (tertiary/aromatic N) is 1. The van der Waals surface area contributed by atoms with Gasteiger partial charge < -0.3 is 4.57 Å². The topological polar surface area (TPSA) is 4.93 Å². The Morgan fingerprint density at radius 2 is 2.00 bits per heavy atom. The molecule has 0 aliphatic carbocycles. The van der Waals surface area contributed by atoms with Crippen molar-refractivity contribution in [3.63, 3.8) is 0 Å². The van der Waals surface area contributed by atoms with E-state index in [-0.39, 0.29) is 0 Å². The van der Waals surface area contributed by atoms with Crippen molar-refractivity contribution in [3.8, 4) is 0 Å². The summed E-state index contributed by atoms with van der Waals surface area (Å²) in [7, 11) is 0. The lowest BCUT2D eigenvalue weighted by molar-refractivity contribution is 0.548. The SMILES string of the molecule is CCC(C)n1ccc2ccccc21. The fourth-order valence-corrected chi connectivity index (χ4v) is 1.69. The van der Waals surface area contributed by atoms with Crippen LogP contribution in [0.5, 0.6) is 0 Å². The third-order valence-corrected chi connectivity index (χ3v) is 2.70. The molecule has 0 saturated heterocycles. The summed E-state index contributed by atoms with van der Waals surface area (Å²) in [6, 6.07) is 11.3. The Balaban J connectivity index is 2.57. The Morgan fingerprint density at radius 1 is 1.23 bits per heavy atom. The van der Waals surface area contributed by atoms with E-state index < -0.39 is 0 Å². The van der Waals surface area contributed by atoms with Crippen molar-refractivity contribution >= 4 is 10.9 Å². The highest BCUT2D eigenvalue weighted by atomic mass is 15.0. The molecule has 0 aliphatic rings. The van der Waals surface area contributed by atoms with Gasteiger partial charge >= 0.3 is 0 Å². The van der Waals surface area contributed by atoms with Gasteiger partial charge in [0.1, 0.15) is 0 Å². The Morgan fingerprint density at radius 3 is 2.77 bits per heavy atom. The first-order valence-corrected chi connectivity index (χ1v) is 4.88. The molecule has 1 unspecified atom stereocenters. The van der Waals surface area contributed by atoms with Crippen molar-refractivity contribution in [1.29, 1.82) is 0 Å². The van der Waals surface area contributed by atoms with Gasteiger partial charge in [0.25, 0.3) is 0 Å². The molecular formula is C12H15N. The van der Waals surface area contributed by atoms with Crippen molar-refractivity contribution in [2.24, 2.45) is 0 Å². The number of benzene rings is 1. The van der Waals surface area contributed by atoms with E-state index in [0.29, 0.717) is 6.04 Å². The molecule has 2 aromatic rings. The van der Waals surface area contributed by atoms with Gasteiger partial charge in [-0.2, -0.15) is 0 Å². The number of para-hydroxylation sites is 1. The molecule has 0 fully saturated rings. The lowest BCUT2D eigenvalue weighted by Gasteiger charge is -2.12. The molecule has 0 radical (unpaired) electrons. The van der Waals surface area contributed by atoms with E-state index in [2.05, 4.69) is 54.9 Å². The molecule has 2 rings (SSSR count). The minimum atomic E-state index is 0.597. The fourth-order valence-electron chi connectivity index (χ4n) is 1.69. The molecule has 1 aromatic carbocycles. The number of hydrogen-bond acceptors (Lipinski definition) is 0. The Bertz CT molecular complexity index is 400. The molecule has 13 heavy (non-hydrogen) atoms. The molecule has 0 bridgehead atoms. The summed E-state index contributed by atoms with van der Waals surface area (Å²) in [4.78, 5) is 0. The average molecular weight is 173 g/mol. The predicted octanol–water partition coefficient (Wildman–Crippen LogP) is 3.61. The highest BCUT2D eigenvalue weighted by Gasteiger charge is 2.04. The largest absolute Gasteiger partial charge is 0.345 e. The van der Waals surface area contributed by atoms with Crippen LogP contribution < -0.4 is 0 Å². The minimum absolute atomic E-state index is 0.597. The second-order valence-corrected chi connectivity index (χ2v) is 3.54. The van der Waals surface area contributed by atoms with Crippen LogP contribution in [0.2, 0.25) is 0 Å². The molecule has 0 spiro atoms. The second-order valence-electron chi connectivity index (χ2n) is 3.54. The van der Waals surface area contributed by atoms with Gasteiger partial charge in [0.15, 0.2) is 0 Å². The van der Waals surface area contributed by atoms with Crippen LogP contribution in [0.3, 0.4) is 0 Å². The van der Waals surface area contributed by atoms with Crippen LogP contribution >= 0.6 is 0 Å². The smallest absolute Gasteiger partial charge is 0.0482 e. The third kappa shape index (κ3) is 1.35. The van der Waals surface area contributed by atoms with Crippen LogP contribution in [0.25, 0.3) is 10.9 Å². The lowest BCUT2D eigenvalue weighted by atomic mass is 10.2. The second kappa shape index (κ2) is 3.25. The summed E-state index contributed by atoms with van der Waals surface area (Å²) in [5.41, 5.74) is 1.34. The van der Waals surface area contributed by atoms with Crippen molar-refractivity contribution in [1.82, 2.24) is 4.57 Å². The van der Waals surface area contributed by atoms with E-state index in [1.165, 1.54) is 17.3 Å². The standard InChI is InChI=1S/C12H15N/c1-3-10(2)13-9-8-11-6-4-5-7-12(11)13/h4-10H,3H2,1-2H3. The van der Waals surface area contributed by atoms with Crippen LogP contribution in [0.1, 0.15) is 26.3 Å². The van der Waals surface area contributed by atoms with Crippen molar-refractivity contribution in [2.75, 3.05) is 0 Å². The van der Waals surface area contributed by atoms with Gasteiger partial charge in [-0.3, -0.25) is 0 Å². The maximum atomic E-state index is 2.34. The summed E-state index contributed by atoms with van der Waals surface area (Å²) < 4.78 is 2.34. The van der Waals surface area contributed by atoms with Crippen molar-refractivity contribution in [3.05, 3.63) is 36.5 Å². The van der Waals surface area contributed by atoms with E-state index in [1.54, 1.807) is 0 Å². The van der Waals surface area contributed by atoms with E-state index in [0.717, 1.165) is 0 Å². The van der Waals surface area contributed by atoms with Crippen LogP contribution in [0, 0.1) is 0 Å². The Kier molecular flexibility index (Phi) is 2.09. The molecular weight excluding hydrogens is 158 g/mol. The minimum Gasteiger partial charge on any atom is -0.345 e. The zero-order valence-electron chi connectivity index (χ0n) is 8.20. The third-order valence-electron chi connectivity index (χ3n) is 2.70. The predicted molar refractivity (Wildman–Crippen MR) is 56.9 cm³/mol. The molecule has 1 aromatic heterocycles. The lowest BCUT2D eigenvalue weighted by Crippen LogP contribution is -2.01. The first kappa shape index (κ1) is 8.36. The summed E-state index contributed by atoms with van der Waals surface area (Å²) in [6.07, 6.45) is 3.36. The van der Waals surface area contributed by atoms with E-state index >= 15 is 0 Å². The molecule has 1 heteroatoms. The molecule has 1 nitrogen and oxygen atoms in total. The van der Waals surface area contributed by atoms with Gasteiger partial charge in [-0.25, -0.2) is 0 Å². The maximum absolute atomic E-state index is 2.34. The molecule has 0 N–H and O–H groups in total. The molecule has 0 aliphatic heterocycles. The first-order chi connectivity index (χ1) is 6.33. The van der Waals surface area contributed by atoms with Gasteiger partial charge in [-0.1, -0.05) is 25.1 Å². The summed E-state index contributed by atoms with van der Waals surface area (Å²) in [5.74, 6) is 0. The number of rotatable bonds is 2. The fraction of sp³-hybridized carbons (Fsp3) is 0.333. The monoisotopic (exact) mass is 173 g/mol. The average Bonchev–Trinajstić information content (AvgIpc) is 2.60. The van der Waals surface area contributed by atoms with E-state index in [4.69, 9.17) is 0 Å².